The Labute approximate surface area is 168 Å². The predicted octanol–water partition coefficient (Wildman–Crippen LogP) is 2.63. The lowest BCUT2D eigenvalue weighted by Crippen LogP contribution is -2.41. The van der Waals surface area contributed by atoms with Crippen LogP contribution in [-0.4, -0.2) is 41.3 Å². The normalized spacial score (nSPS) is 12.2. The van der Waals surface area contributed by atoms with Crippen molar-refractivity contribution in [2.45, 2.75) is 13.0 Å². The largest absolute Gasteiger partial charge is 0.497 e. The summed E-state index contributed by atoms with van der Waals surface area (Å²) >= 11 is 0. The Morgan fingerprint density at radius 1 is 1.10 bits per heavy atom. The molecule has 0 bridgehead atoms. The van der Waals surface area contributed by atoms with E-state index in [-0.39, 0.29) is 5.69 Å². The van der Waals surface area contributed by atoms with E-state index in [9.17, 15) is 22.0 Å². The molecular weight excluding hydrogens is 406 g/mol. The molecule has 1 atom stereocenters. The molecular formula is C19H22F2N2O5S. The van der Waals surface area contributed by atoms with Crippen molar-refractivity contribution in [2.24, 2.45) is 0 Å². The van der Waals surface area contributed by atoms with Crippen molar-refractivity contribution in [3.63, 3.8) is 0 Å². The summed E-state index contributed by atoms with van der Waals surface area (Å²) in [6.45, 7) is 1.08. The number of benzene rings is 2. The summed E-state index contributed by atoms with van der Waals surface area (Å²) < 4.78 is 62.0. The number of anilines is 1. The van der Waals surface area contributed by atoms with Crippen LogP contribution < -0.4 is 19.1 Å². The van der Waals surface area contributed by atoms with Gasteiger partial charge in [0.25, 0.3) is 0 Å². The summed E-state index contributed by atoms with van der Waals surface area (Å²) in [5.41, 5.74) is 0.465. The van der Waals surface area contributed by atoms with E-state index in [2.05, 4.69) is 5.32 Å². The van der Waals surface area contributed by atoms with Gasteiger partial charge in [-0.05, 0) is 37.3 Å². The Bertz CT molecular complexity index is 998. The lowest BCUT2D eigenvalue weighted by molar-refractivity contribution is -0.120. The third kappa shape index (κ3) is 5.57. The van der Waals surface area contributed by atoms with Crippen LogP contribution in [0.2, 0.25) is 0 Å². The van der Waals surface area contributed by atoms with Crippen molar-refractivity contribution in [2.75, 3.05) is 31.3 Å². The molecule has 1 N–H and O–H groups in total. The van der Waals surface area contributed by atoms with E-state index in [0.29, 0.717) is 21.4 Å². The van der Waals surface area contributed by atoms with Gasteiger partial charge in [-0.15, -0.1) is 0 Å². The van der Waals surface area contributed by atoms with E-state index in [4.69, 9.17) is 9.47 Å². The van der Waals surface area contributed by atoms with Crippen molar-refractivity contribution in [1.82, 2.24) is 5.32 Å². The van der Waals surface area contributed by atoms with Gasteiger partial charge in [-0.3, -0.25) is 9.10 Å². The van der Waals surface area contributed by atoms with Crippen LogP contribution in [0.4, 0.5) is 14.5 Å². The van der Waals surface area contributed by atoms with E-state index in [1.807, 2.05) is 0 Å². The van der Waals surface area contributed by atoms with Crippen molar-refractivity contribution in [3.05, 3.63) is 53.6 Å². The second-order valence-electron chi connectivity index (χ2n) is 6.27. The zero-order valence-corrected chi connectivity index (χ0v) is 17.2. The van der Waals surface area contributed by atoms with Gasteiger partial charge in [-0.1, -0.05) is 0 Å². The second-order valence-corrected chi connectivity index (χ2v) is 8.17. The highest BCUT2D eigenvalue weighted by atomic mass is 32.2. The van der Waals surface area contributed by atoms with Crippen molar-refractivity contribution < 1.29 is 31.5 Å². The van der Waals surface area contributed by atoms with Gasteiger partial charge in [0.15, 0.2) is 11.6 Å². The van der Waals surface area contributed by atoms with Gasteiger partial charge in [0.1, 0.15) is 18.0 Å². The molecule has 0 radical (unpaired) electrons. The van der Waals surface area contributed by atoms with E-state index >= 15 is 0 Å². The minimum Gasteiger partial charge on any atom is -0.497 e. The predicted molar refractivity (Wildman–Crippen MR) is 105 cm³/mol. The average molecular weight is 428 g/mol. The zero-order valence-electron chi connectivity index (χ0n) is 16.4. The topological polar surface area (TPSA) is 84.9 Å². The molecule has 2 aromatic carbocycles. The molecule has 0 aliphatic heterocycles. The summed E-state index contributed by atoms with van der Waals surface area (Å²) in [5, 5.41) is 2.67. The van der Waals surface area contributed by atoms with Crippen molar-refractivity contribution in [3.8, 4) is 11.5 Å². The number of ether oxygens (including phenoxy) is 2. The van der Waals surface area contributed by atoms with Gasteiger partial charge in [0.2, 0.25) is 15.9 Å². The minimum absolute atomic E-state index is 0.159. The van der Waals surface area contributed by atoms with Crippen molar-refractivity contribution in [1.29, 1.82) is 0 Å². The maximum atomic E-state index is 13.5. The highest BCUT2D eigenvalue weighted by Gasteiger charge is 2.24. The van der Waals surface area contributed by atoms with Crippen LogP contribution in [-0.2, 0) is 14.8 Å². The zero-order chi connectivity index (χ0) is 21.8. The van der Waals surface area contributed by atoms with Crippen LogP contribution in [0.5, 0.6) is 11.5 Å². The van der Waals surface area contributed by atoms with Gasteiger partial charge in [0, 0.05) is 11.6 Å². The highest BCUT2D eigenvalue weighted by Crippen LogP contribution is 2.29. The molecule has 0 saturated carbocycles. The molecule has 7 nitrogen and oxygen atoms in total. The molecule has 0 heterocycles. The number of amides is 1. The van der Waals surface area contributed by atoms with Gasteiger partial charge in [0.05, 0.1) is 32.2 Å². The number of halogens is 2. The van der Waals surface area contributed by atoms with Crippen LogP contribution in [0.15, 0.2) is 36.4 Å². The van der Waals surface area contributed by atoms with Crippen molar-refractivity contribution >= 4 is 21.6 Å². The molecule has 0 aliphatic rings. The van der Waals surface area contributed by atoms with Gasteiger partial charge >= 0.3 is 0 Å². The first-order valence-corrected chi connectivity index (χ1v) is 10.4. The van der Waals surface area contributed by atoms with E-state index in [1.165, 1.54) is 14.2 Å². The number of hydrogen-bond donors (Lipinski definition) is 1. The average Bonchev–Trinajstić information content (AvgIpc) is 2.66. The Balaban J connectivity index is 2.23. The number of hydrogen-bond acceptors (Lipinski definition) is 5. The maximum absolute atomic E-state index is 13.5. The molecule has 1 amide bonds. The van der Waals surface area contributed by atoms with E-state index in [0.717, 1.165) is 24.5 Å². The molecule has 10 heteroatoms. The Morgan fingerprint density at radius 3 is 2.34 bits per heavy atom. The van der Waals surface area contributed by atoms with E-state index < -0.39 is 40.2 Å². The fourth-order valence-electron chi connectivity index (χ4n) is 2.71. The summed E-state index contributed by atoms with van der Waals surface area (Å²) in [6.07, 6.45) is 0.871. The monoisotopic (exact) mass is 428 g/mol. The lowest BCUT2D eigenvalue weighted by atomic mass is 10.1. The molecule has 0 fully saturated rings. The Morgan fingerprint density at radius 2 is 1.79 bits per heavy atom. The summed E-state index contributed by atoms with van der Waals surface area (Å²) in [7, 11) is -0.947. The molecule has 0 aromatic heterocycles. The number of carbonyl (C=O) groups is 1. The number of methoxy groups -OCH3 is 2. The first kappa shape index (κ1) is 22.4. The summed E-state index contributed by atoms with van der Waals surface area (Å²) in [4.78, 5) is 12.5. The summed E-state index contributed by atoms with van der Waals surface area (Å²) in [5.74, 6) is -1.91. The quantitative estimate of drug-likeness (QED) is 0.699. The first-order chi connectivity index (χ1) is 13.6. The summed E-state index contributed by atoms with van der Waals surface area (Å²) in [6, 6.07) is 7.13. The Hall–Kier alpha value is -2.88. The van der Waals surface area contributed by atoms with E-state index in [1.54, 1.807) is 25.1 Å². The fourth-order valence-corrected chi connectivity index (χ4v) is 3.56. The van der Waals surface area contributed by atoms with Crippen LogP contribution in [0.3, 0.4) is 0 Å². The molecule has 1 unspecified atom stereocenters. The number of sulfonamides is 1. The van der Waals surface area contributed by atoms with Crippen LogP contribution in [0.1, 0.15) is 18.5 Å². The third-order valence-electron chi connectivity index (χ3n) is 4.16. The lowest BCUT2D eigenvalue weighted by Gasteiger charge is -2.24. The maximum Gasteiger partial charge on any atom is 0.241 e. The molecule has 0 spiro atoms. The molecule has 158 valence electrons. The molecule has 2 aromatic rings. The fraction of sp³-hybridized carbons (Fsp3) is 0.316. The molecule has 2 rings (SSSR count). The van der Waals surface area contributed by atoms with Crippen LogP contribution in [0, 0.1) is 11.6 Å². The number of nitrogens with one attached hydrogen (secondary N) is 1. The number of carbonyl (C=O) groups excluding carboxylic acids is 1. The second kappa shape index (κ2) is 9.08. The third-order valence-corrected chi connectivity index (χ3v) is 5.30. The highest BCUT2D eigenvalue weighted by molar-refractivity contribution is 7.92. The first-order valence-electron chi connectivity index (χ1n) is 8.51. The van der Waals surface area contributed by atoms with Crippen LogP contribution >= 0.6 is 0 Å². The molecule has 0 aliphatic carbocycles. The Kier molecular flexibility index (Phi) is 7.02. The minimum atomic E-state index is -3.93. The van der Waals surface area contributed by atoms with Gasteiger partial charge < -0.3 is 14.8 Å². The molecule has 0 saturated heterocycles. The number of nitrogens with zero attached hydrogens (tertiary/aromatic N) is 1. The van der Waals surface area contributed by atoms with Gasteiger partial charge in [-0.25, -0.2) is 17.2 Å². The standard InChI is InChI=1S/C19H22F2N2O5S/c1-12(15-10-14(27-2)6-8-18(15)28-3)22-19(24)11-23(29(4,25)26)13-5-7-16(20)17(21)9-13/h5-10,12H,11H2,1-4H3,(H,22,24). The SMILES string of the molecule is COc1ccc(OC)c(C(C)NC(=O)CN(c2ccc(F)c(F)c2)S(C)(=O)=O)c1. The number of rotatable bonds is 8. The molecule has 29 heavy (non-hydrogen) atoms. The van der Waals surface area contributed by atoms with Gasteiger partial charge in [-0.2, -0.15) is 0 Å². The smallest absolute Gasteiger partial charge is 0.241 e. The van der Waals surface area contributed by atoms with Crippen LogP contribution in [0.25, 0.3) is 0 Å².